The van der Waals surface area contributed by atoms with E-state index >= 15 is 0 Å². The Morgan fingerprint density at radius 3 is 2.81 bits per heavy atom. The van der Waals surface area contributed by atoms with Gasteiger partial charge in [-0.1, -0.05) is 25.5 Å². The van der Waals surface area contributed by atoms with Gasteiger partial charge in [0.25, 0.3) is 0 Å². The van der Waals surface area contributed by atoms with Crippen molar-refractivity contribution in [1.29, 1.82) is 0 Å². The molecule has 10 heteroatoms. The first-order valence-corrected chi connectivity index (χ1v) is 10.4. The summed E-state index contributed by atoms with van der Waals surface area (Å²) < 4.78 is 12.5. The lowest BCUT2D eigenvalue weighted by Gasteiger charge is -2.13. The van der Waals surface area contributed by atoms with E-state index in [9.17, 15) is 0 Å². The zero-order valence-corrected chi connectivity index (χ0v) is 18.4. The van der Waals surface area contributed by atoms with Gasteiger partial charge in [-0.25, -0.2) is 4.98 Å². The smallest absolute Gasteiger partial charge is 0.222 e. The molecule has 0 radical (unpaired) electrons. The first kappa shape index (κ1) is 22.7. The molecule has 2 heterocycles. The van der Waals surface area contributed by atoms with Gasteiger partial charge in [-0.15, -0.1) is 0 Å². The maximum absolute atomic E-state index is 6.12. The van der Waals surface area contributed by atoms with E-state index in [0.717, 1.165) is 42.8 Å². The predicted octanol–water partition coefficient (Wildman–Crippen LogP) is 1.70. The summed E-state index contributed by atoms with van der Waals surface area (Å²) in [4.78, 5) is 8.60. The van der Waals surface area contributed by atoms with Crippen molar-refractivity contribution in [1.82, 2.24) is 25.1 Å². The highest BCUT2D eigenvalue weighted by molar-refractivity contribution is 5.85. The summed E-state index contributed by atoms with van der Waals surface area (Å²) in [5, 5.41) is 11.2. The van der Waals surface area contributed by atoms with Crippen LogP contribution in [0.2, 0.25) is 0 Å². The molecule has 168 valence electrons. The van der Waals surface area contributed by atoms with Crippen LogP contribution in [0.4, 0.5) is 11.8 Å². The first-order valence-electron chi connectivity index (χ1n) is 10.4. The van der Waals surface area contributed by atoms with Crippen molar-refractivity contribution in [3.63, 3.8) is 0 Å². The molecule has 3 rings (SSSR count). The molecule has 0 saturated carbocycles. The van der Waals surface area contributed by atoms with E-state index in [0.29, 0.717) is 30.0 Å². The van der Waals surface area contributed by atoms with E-state index in [1.54, 1.807) is 14.2 Å². The number of rotatable bonds is 12. The number of benzene rings is 1. The molecule has 0 saturated heterocycles. The van der Waals surface area contributed by atoms with Crippen molar-refractivity contribution in [3.05, 3.63) is 35.5 Å². The Labute approximate surface area is 182 Å². The maximum Gasteiger partial charge on any atom is 0.222 e. The van der Waals surface area contributed by atoms with Crippen LogP contribution in [0.15, 0.2) is 24.4 Å². The van der Waals surface area contributed by atoms with Crippen LogP contribution in [-0.2, 0) is 17.8 Å². The Morgan fingerprint density at radius 2 is 2.06 bits per heavy atom. The van der Waals surface area contributed by atoms with Crippen LogP contribution in [-0.4, -0.2) is 53.3 Å². The minimum absolute atomic E-state index is 0.182. The molecule has 10 nitrogen and oxygen atoms in total. The zero-order valence-electron chi connectivity index (χ0n) is 18.4. The third-order valence-corrected chi connectivity index (χ3v) is 4.85. The summed E-state index contributed by atoms with van der Waals surface area (Å²) >= 11 is 0. The third-order valence-electron chi connectivity index (χ3n) is 4.85. The number of nitrogens with one attached hydrogen (secondary N) is 2. The monoisotopic (exact) mass is 428 g/mol. The quantitative estimate of drug-likeness (QED) is 0.251. The third kappa shape index (κ3) is 6.03. The summed E-state index contributed by atoms with van der Waals surface area (Å²) in [7, 11) is 3.36. The molecule has 0 fully saturated rings. The molecule has 0 bridgehead atoms. The van der Waals surface area contributed by atoms with E-state index in [1.807, 2.05) is 16.9 Å². The van der Waals surface area contributed by atoms with Gasteiger partial charge in [-0.2, -0.15) is 10.1 Å². The van der Waals surface area contributed by atoms with E-state index in [2.05, 4.69) is 44.8 Å². The normalized spacial score (nSPS) is 12.3. The molecular formula is C21H32N8O2. The van der Waals surface area contributed by atoms with Crippen molar-refractivity contribution in [2.75, 3.05) is 38.4 Å². The molecule has 1 atom stereocenters. The van der Waals surface area contributed by atoms with E-state index in [1.165, 1.54) is 0 Å². The van der Waals surface area contributed by atoms with Crippen LogP contribution in [0.25, 0.3) is 11.0 Å². The molecule has 0 spiro atoms. The highest BCUT2D eigenvalue weighted by atomic mass is 16.5. The standard InChI is InChI=1S/C21H32N8O2/c1-4-5-18(22)26-20-19-16(25-21(23)27-20)13-29(28-19)12-15-7-6-14(10-17(15)31-3)11-24-8-9-30-2/h6-7,10,13,18,24H,4-5,8-9,11-12,22H2,1-3H3,(H3,23,25,26,27). The number of methoxy groups -OCH3 is 2. The maximum atomic E-state index is 6.12. The highest BCUT2D eigenvalue weighted by Gasteiger charge is 2.14. The molecule has 2 aromatic heterocycles. The molecule has 6 N–H and O–H groups in total. The number of hydrogen-bond acceptors (Lipinski definition) is 9. The first-order chi connectivity index (χ1) is 15.0. The molecule has 0 aliphatic carbocycles. The number of nitrogen functional groups attached to an aromatic ring is 1. The topological polar surface area (TPSA) is 138 Å². The fraction of sp³-hybridized carbons (Fsp3) is 0.476. The number of aromatic nitrogens is 4. The Bertz CT molecular complexity index is 991. The van der Waals surface area contributed by atoms with Gasteiger partial charge in [0, 0.05) is 25.8 Å². The number of nitrogens with zero attached hydrogens (tertiary/aromatic N) is 4. The average molecular weight is 429 g/mol. The SMILES string of the molecule is CCCC(N)Nc1nc(N)nc2cn(Cc3ccc(CNCCOC)cc3OC)nc12. The fourth-order valence-corrected chi connectivity index (χ4v) is 3.33. The summed E-state index contributed by atoms with van der Waals surface area (Å²) in [5.41, 5.74) is 15.4. The van der Waals surface area contributed by atoms with Crippen molar-refractivity contribution in [3.8, 4) is 5.75 Å². The summed E-state index contributed by atoms with van der Waals surface area (Å²) in [6.07, 6.45) is 3.40. The van der Waals surface area contributed by atoms with Gasteiger partial charge in [-0.3, -0.25) is 4.68 Å². The van der Waals surface area contributed by atoms with Crippen LogP contribution >= 0.6 is 0 Å². The molecule has 0 aliphatic heterocycles. The fourth-order valence-electron chi connectivity index (χ4n) is 3.33. The molecule has 31 heavy (non-hydrogen) atoms. The van der Waals surface area contributed by atoms with Gasteiger partial charge < -0.3 is 31.6 Å². The van der Waals surface area contributed by atoms with Gasteiger partial charge in [0.1, 0.15) is 11.3 Å². The van der Waals surface area contributed by atoms with Crippen molar-refractivity contribution in [2.45, 2.75) is 39.0 Å². The highest BCUT2D eigenvalue weighted by Crippen LogP contribution is 2.24. The number of fused-ring (bicyclic) bond motifs is 1. The van der Waals surface area contributed by atoms with Crippen LogP contribution in [0.3, 0.4) is 0 Å². The summed E-state index contributed by atoms with van der Waals surface area (Å²) in [5.74, 6) is 1.53. The number of nitrogens with two attached hydrogens (primary N) is 2. The lowest BCUT2D eigenvalue weighted by atomic mass is 10.1. The number of anilines is 2. The summed E-state index contributed by atoms with van der Waals surface area (Å²) in [6, 6.07) is 6.16. The molecule has 0 amide bonds. The van der Waals surface area contributed by atoms with Crippen molar-refractivity contribution >= 4 is 22.8 Å². The van der Waals surface area contributed by atoms with Gasteiger partial charge in [-0.05, 0) is 18.1 Å². The molecule has 1 unspecified atom stereocenters. The average Bonchev–Trinajstić information content (AvgIpc) is 3.14. The lowest BCUT2D eigenvalue weighted by molar-refractivity contribution is 0.199. The molecule has 3 aromatic rings. The van der Waals surface area contributed by atoms with Crippen molar-refractivity contribution in [2.24, 2.45) is 5.73 Å². The second kappa shape index (κ2) is 10.9. The second-order valence-electron chi connectivity index (χ2n) is 7.35. The summed E-state index contributed by atoms with van der Waals surface area (Å²) in [6.45, 7) is 4.82. The van der Waals surface area contributed by atoms with E-state index in [-0.39, 0.29) is 12.1 Å². The number of hydrogen-bond donors (Lipinski definition) is 4. The Balaban J connectivity index is 1.79. The van der Waals surface area contributed by atoms with Gasteiger partial charge >= 0.3 is 0 Å². The Morgan fingerprint density at radius 1 is 1.23 bits per heavy atom. The van der Waals surface area contributed by atoms with Gasteiger partial charge in [0.15, 0.2) is 11.3 Å². The van der Waals surface area contributed by atoms with Crippen LogP contribution in [0.1, 0.15) is 30.9 Å². The Hall–Kier alpha value is -2.95. The van der Waals surface area contributed by atoms with E-state index in [4.69, 9.17) is 20.9 Å². The van der Waals surface area contributed by atoms with Crippen LogP contribution in [0.5, 0.6) is 5.75 Å². The van der Waals surface area contributed by atoms with Crippen LogP contribution < -0.4 is 26.8 Å². The van der Waals surface area contributed by atoms with Crippen LogP contribution in [0, 0.1) is 0 Å². The molecule has 1 aromatic carbocycles. The second-order valence-corrected chi connectivity index (χ2v) is 7.35. The van der Waals surface area contributed by atoms with Gasteiger partial charge in [0.05, 0.1) is 32.6 Å². The largest absolute Gasteiger partial charge is 0.496 e. The van der Waals surface area contributed by atoms with E-state index < -0.39 is 0 Å². The zero-order chi connectivity index (χ0) is 22.2. The minimum Gasteiger partial charge on any atom is -0.496 e. The van der Waals surface area contributed by atoms with Gasteiger partial charge in [0.2, 0.25) is 5.95 Å². The van der Waals surface area contributed by atoms with Crippen molar-refractivity contribution < 1.29 is 9.47 Å². The lowest BCUT2D eigenvalue weighted by Crippen LogP contribution is -2.29. The predicted molar refractivity (Wildman–Crippen MR) is 122 cm³/mol. The number of ether oxygens (including phenoxy) is 2. The Kier molecular flexibility index (Phi) is 7.99. The molecule has 0 aliphatic rings. The minimum atomic E-state index is -0.224. The molecular weight excluding hydrogens is 396 g/mol.